The van der Waals surface area contributed by atoms with Crippen LogP contribution in [0.2, 0.25) is 11.5 Å². The van der Waals surface area contributed by atoms with E-state index in [2.05, 4.69) is 60.5 Å². The Kier molecular flexibility index (Phi) is 4.05. The standard InChI is InChI=1S/C32H33FGeN/c1-20-10-13-24-25-14-15-26(33)29(21-11-12-22-18-32(2,3)19-23(22)17-21)31(25)34(4,5)30(24)28(20)27-9-7-8-16-35(27)6/h7-17H,18-19H2,1-6H3/q+1/i18D2,19D2. The minimum atomic E-state index is -3.13. The number of hydrogen-bond donors (Lipinski definition) is 0. The van der Waals surface area contributed by atoms with Crippen LogP contribution >= 0.6 is 0 Å². The van der Waals surface area contributed by atoms with Gasteiger partial charge in [-0.05, 0) is 0 Å². The molecule has 0 N–H and O–H groups in total. The number of rotatable bonds is 2. The van der Waals surface area contributed by atoms with Crippen molar-refractivity contribution < 1.29 is 14.4 Å². The van der Waals surface area contributed by atoms with Gasteiger partial charge in [-0.2, -0.15) is 0 Å². The van der Waals surface area contributed by atoms with Gasteiger partial charge in [-0.1, -0.05) is 0 Å². The van der Waals surface area contributed by atoms with Gasteiger partial charge in [0.15, 0.2) is 0 Å². The summed E-state index contributed by atoms with van der Waals surface area (Å²) in [5.74, 6) is 4.34. The van der Waals surface area contributed by atoms with Gasteiger partial charge in [-0.25, -0.2) is 0 Å². The fourth-order valence-corrected chi connectivity index (χ4v) is 14.3. The molecule has 3 aromatic carbocycles. The monoisotopic (exact) mass is 528 g/mol. The van der Waals surface area contributed by atoms with Crippen LogP contribution in [0.15, 0.2) is 66.9 Å². The van der Waals surface area contributed by atoms with Gasteiger partial charge < -0.3 is 0 Å². The van der Waals surface area contributed by atoms with Crippen LogP contribution < -0.4 is 13.4 Å². The third-order valence-electron chi connectivity index (χ3n) is 7.62. The molecule has 0 radical (unpaired) electrons. The first-order valence-electron chi connectivity index (χ1n) is 14.2. The van der Waals surface area contributed by atoms with E-state index in [-0.39, 0.29) is 5.82 Å². The molecule has 0 bridgehead atoms. The number of aryl methyl sites for hydroxylation is 2. The van der Waals surface area contributed by atoms with Crippen molar-refractivity contribution in [2.45, 2.75) is 45.0 Å². The zero-order chi connectivity index (χ0) is 28.3. The van der Waals surface area contributed by atoms with Crippen molar-refractivity contribution in [3.63, 3.8) is 0 Å². The molecule has 1 aromatic heterocycles. The van der Waals surface area contributed by atoms with Gasteiger partial charge in [-0.15, -0.1) is 0 Å². The fraction of sp³-hybridized carbons (Fsp3) is 0.281. The van der Waals surface area contributed by atoms with Crippen molar-refractivity contribution in [2.24, 2.45) is 12.5 Å². The summed E-state index contributed by atoms with van der Waals surface area (Å²) in [4.78, 5) is 0. The number of benzene rings is 3. The number of fused-ring (bicyclic) bond motifs is 4. The number of aromatic nitrogens is 1. The summed E-state index contributed by atoms with van der Waals surface area (Å²) >= 11 is -3.13. The Hall–Kier alpha value is -2.72. The Balaban J connectivity index is 1.63. The summed E-state index contributed by atoms with van der Waals surface area (Å²) in [5, 5.41) is 0. The molecular formula is C32H33FGeN+. The first-order chi connectivity index (χ1) is 18.1. The summed E-state index contributed by atoms with van der Waals surface area (Å²) in [5.41, 5.74) is 6.35. The zero-order valence-corrected chi connectivity index (χ0v) is 23.3. The normalized spacial score (nSPS) is 21.2. The van der Waals surface area contributed by atoms with Crippen LogP contribution in [-0.2, 0) is 19.8 Å². The second-order valence-corrected chi connectivity index (χ2v) is 19.9. The molecule has 1 aliphatic carbocycles. The summed E-state index contributed by atoms with van der Waals surface area (Å²) in [6, 6.07) is 19.2. The van der Waals surface area contributed by atoms with E-state index in [1.807, 2.05) is 12.1 Å². The quantitative estimate of drug-likeness (QED) is 0.215. The number of pyridine rings is 1. The van der Waals surface area contributed by atoms with Crippen molar-refractivity contribution in [3.05, 3.63) is 89.4 Å². The Morgan fingerprint density at radius 3 is 2.31 bits per heavy atom. The molecule has 6 rings (SSSR count). The Morgan fingerprint density at radius 1 is 0.886 bits per heavy atom. The van der Waals surface area contributed by atoms with Crippen molar-refractivity contribution in [2.75, 3.05) is 0 Å². The van der Waals surface area contributed by atoms with Crippen molar-refractivity contribution in [1.29, 1.82) is 0 Å². The van der Waals surface area contributed by atoms with E-state index >= 15 is 4.39 Å². The van der Waals surface area contributed by atoms with Gasteiger partial charge in [-0.3, -0.25) is 0 Å². The van der Waals surface area contributed by atoms with E-state index in [1.54, 1.807) is 32.0 Å². The van der Waals surface area contributed by atoms with E-state index in [0.717, 1.165) is 21.2 Å². The van der Waals surface area contributed by atoms with E-state index < -0.39 is 31.4 Å². The SMILES string of the molecule is [2H]C1([2H])c2ccc(-c3c(F)ccc4[c]3[Ge]([CH3])([CH3])[c]3c-4ccc(C)c3-c3cccc[n+]3C)cc2C([2H])([2H])C1(C)C. The molecular weight excluding hydrogens is 490 g/mol. The van der Waals surface area contributed by atoms with Crippen molar-refractivity contribution in [3.8, 4) is 33.5 Å². The molecule has 3 heteroatoms. The molecule has 0 atom stereocenters. The second-order valence-electron chi connectivity index (χ2n) is 11.0. The third-order valence-corrected chi connectivity index (χ3v) is 15.0. The van der Waals surface area contributed by atoms with Crippen LogP contribution in [0.5, 0.6) is 0 Å². The first kappa shape index (κ1) is 18.5. The Bertz CT molecular complexity index is 1710. The molecule has 0 fully saturated rings. The molecule has 0 spiro atoms. The van der Waals surface area contributed by atoms with Crippen LogP contribution in [0.4, 0.5) is 4.39 Å². The predicted octanol–water partition coefficient (Wildman–Crippen LogP) is 6.22. The van der Waals surface area contributed by atoms with Crippen LogP contribution in [0, 0.1) is 18.2 Å². The maximum absolute atomic E-state index is 16.0. The molecule has 35 heavy (non-hydrogen) atoms. The average Bonchev–Trinajstić information content (AvgIpc) is 3.15. The molecule has 1 nitrogen and oxygen atoms in total. The summed E-state index contributed by atoms with van der Waals surface area (Å²) in [7, 11) is 2.06. The van der Waals surface area contributed by atoms with E-state index in [9.17, 15) is 0 Å². The van der Waals surface area contributed by atoms with Crippen molar-refractivity contribution >= 4 is 22.1 Å². The van der Waals surface area contributed by atoms with Crippen LogP contribution in [0.1, 0.15) is 36.0 Å². The molecule has 2 aliphatic rings. The average molecular weight is 527 g/mol. The van der Waals surface area contributed by atoms with Gasteiger partial charge in [0.05, 0.1) is 0 Å². The molecule has 2 heterocycles. The summed E-state index contributed by atoms with van der Waals surface area (Å²) < 4.78 is 55.7. The van der Waals surface area contributed by atoms with Gasteiger partial charge in [0.1, 0.15) is 0 Å². The second kappa shape index (κ2) is 7.64. The van der Waals surface area contributed by atoms with E-state index in [0.29, 0.717) is 22.3 Å². The van der Waals surface area contributed by atoms with Gasteiger partial charge >= 0.3 is 217 Å². The van der Waals surface area contributed by atoms with Gasteiger partial charge in [0, 0.05) is 0 Å². The molecule has 0 amide bonds. The summed E-state index contributed by atoms with van der Waals surface area (Å²) in [6.45, 7) is 5.41. The van der Waals surface area contributed by atoms with Gasteiger partial charge in [0.25, 0.3) is 0 Å². The van der Waals surface area contributed by atoms with Crippen LogP contribution in [0.25, 0.3) is 33.5 Å². The zero-order valence-electron chi connectivity index (χ0n) is 25.2. The Labute approximate surface area is 216 Å². The van der Waals surface area contributed by atoms with E-state index in [4.69, 9.17) is 5.48 Å². The maximum atomic E-state index is 16.0. The molecule has 1 aliphatic heterocycles. The molecule has 0 saturated heterocycles. The van der Waals surface area contributed by atoms with E-state index in [1.165, 1.54) is 21.6 Å². The summed E-state index contributed by atoms with van der Waals surface area (Å²) in [6.07, 6.45) is -1.69. The van der Waals surface area contributed by atoms with Crippen molar-refractivity contribution in [1.82, 2.24) is 0 Å². The predicted molar refractivity (Wildman–Crippen MR) is 147 cm³/mol. The molecule has 4 aromatic rings. The molecule has 176 valence electrons. The fourth-order valence-electron chi connectivity index (χ4n) is 6.17. The number of nitrogens with zero attached hydrogens (tertiary/aromatic N) is 1. The van der Waals surface area contributed by atoms with Crippen LogP contribution in [0.3, 0.4) is 0 Å². The van der Waals surface area contributed by atoms with Crippen LogP contribution in [-0.4, -0.2) is 13.3 Å². The molecule has 0 unspecified atom stereocenters. The number of hydrogen-bond acceptors (Lipinski definition) is 0. The van der Waals surface area contributed by atoms with Gasteiger partial charge in [0.2, 0.25) is 0 Å². The molecule has 0 saturated carbocycles. The topological polar surface area (TPSA) is 3.88 Å². The third kappa shape index (κ3) is 3.37. The Morgan fingerprint density at radius 2 is 1.57 bits per heavy atom. The minimum absolute atomic E-state index is 0.315. The number of halogens is 1. The first-order valence-corrected chi connectivity index (χ1v) is 18.5.